The number of methoxy groups -OCH3 is 1. The van der Waals surface area contributed by atoms with E-state index in [2.05, 4.69) is 11.8 Å². The van der Waals surface area contributed by atoms with Crippen molar-refractivity contribution in [2.24, 2.45) is 5.73 Å². The standard InChI is InChI=1S/C14H22N2O2/c1-11(16-7-9-18-10-8-16)14(15)12-3-5-13(17-2)6-4-12/h3-6,11,14H,7-10,15H2,1-2H3/t11-,14-/m0/s1. The zero-order valence-electron chi connectivity index (χ0n) is 11.1. The molecule has 2 atom stereocenters. The molecule has 2 rings (SSSR count). The van der Waals surface area contributed by atoms with Crippen LogP contribution in [0.2, 0.25) is 0 Å². The highest BCUT2D eigenvalue weighted by Gasteiger charge is 2.23. The van der Waals surface area contributed by atoms with E-state index in [-0.39, 0.29) is 6.04 Å². The Morgan fingerprint density at radius 1 is 1.22 bits per heavy atom. The lowest BCUT2D eigenvalue weighted by molar-refractivity contribution is 0.0150. The number of hydrogen-bond donors (Lipinski definition) is 1. The van der Waals surface area contributed by atoms with Gasteiger partial charge in [-0.05, 0) is 24.6 Å². The number of nitrogens with two attached hydrogens (primary N) is 1. The lowest BCUT2D eigenvalue weighted by Gasteiger charge is -2.35. The molecule has 1 fully saturated rings. The van der Waals surface area contributed by atoms with Crippen molar-refractivity contribution in [3.05, 3.63) is 29.8 Å². The molecule has 4 nitrogen and oxygen atoms in total. The Labute approximate surface area is 109 Å². The van der Waals surface area contributed by atoms with Gasteiger partial charge in [-0.15, -0.1) is 0 Å². The molecule has 1 aromatic rings. The highest BCUT2D eigenvalue weighted by molar-refractivity contribution is 5.29. The normalized spacial score (nSPS) is 20.4. The maximum Gasteiger partial charge on any atom is 0.118 e. The zero-order chi connectivity index (χ0) is 13.0. The SMILES string of the molecule is COc1ccc([C@@H](N)[C@H](C)N2CCOCC2)cc1. The van der Waals surface area contributed by atoms with Crippen molar-refractivity contribution in [1.29, 1.82) is 0 Å². The highest BCUT2D eigenvalue weighted by Crippen LogP contribution is 2.21. The largest absolute Gasteiger partial charge is 0.497 e. The fourth-order valence-corrected chi connectivity index (χ4v) is 2.32. The summed E-state index contributed by atoms with van der Waals surface area (Å²) in [6, 6.07) is 8.35. The van der Waals surface area contributed by atoms with Crippen molar-refractivity contribution >= 4 is 0 Å². The number of rotatable bonds is 4. The molecule has 1 aliphatic rings. The van der Waals surface area contributed by atoms with Crippen LogP contribution < -0.4 is 10.5 Å². The summed E-state index contributed by atoms with van der Waals surface area (Å²) in [7, 11) is 1.67. The molecule has 0 unspecified atom stereocenters. The van der Waals surface area contributed by atoms with E-state index < -0.39 is 0 Å². The Bertz CT molecular complexity index is 361. The van der Waals surface area contributed by atoms with Crippen LogP contribution in [0.3, 0.4) is 0 Å². The van der Waals surface area contributed by atoms with Crippen LogP contribution in [0.25, 0.3) is 0 Å². The van der Waals surface area contributed by atoms with Crippen LogP contribution in [0.1, 0.15) is 18.5 Å². The minimum absolute atomic E-state index is 0.0222. The molecule has 4 heteroatoms. The zero-order valence-corrected chi connectivity index (χ0v) is 11.1. The van der Waals surface area contributed by atoms with Gasteiger partial charge in [0.2, 0.25) is 0 Å². The molecule has 1 aromatic carbocycles. The van der Waals surface area contributed by atoms with Crippen molar-refractivity contribution < 1.29 is 9.47 Å². The Kier molecular flexibility index (Phi) is 4.58. The highest BCUT2D eigenvalue weighted by atomic mass is 16.5. The Balaban J connectivity index is 2.01. The molecule has 100 valence electrons. The molecule has 0 amide bonds. The van der Waals surface area contributed by atoms with E-state index in [1.54, 1.807) is 7.11 Å². The molecule has 0 radical (unpaired) electrons. The van der Waals surface area contributed by atoms with Crippen LogP contribution in [0.15, 0.2) is 24.3 Å². The van der Waals surface area contributed by atoms with Crippen LogP contribution >= 0.6 is 0 Å². The van der Waals surface area contributed by atoms with Crippen LogP contribution in [-0.2, 0) is 4.74 Å². The van der Waals surface area contributed by atoms with E-state index in [1.807, 2.05) is 24.3 Å². The second-order valence-electron chi connectivity index (χ2n) is 4.69. The summed E-state index contributed by atoms with van der Waals surface area (Å²) in [4.78, 5) is 2.39. The van der Waals surface area contributed by atoms with Gasteiger partial charge in [-0.25, -0.2) is 0 Å². The quantitative estimate of drug-likeness (QED) is 0.878. The molecule has 0 spiro atoms. The molecule has 18 heavy (non-hydrogen) atoms. The number of morpholine rings is 1. The first kappa shape index (κ1) is 13.3. The van der Waals surface area contributed by atoms with Gasteiger partial charge >= 0.3 is 0 Å². The number of benzene rings is 1. The van der Waals surface area contributed by atoms with Gasteiger partial charge in [0.1, 0.15) is 5.75 Å². The Morgan fingerprint density at radius 3 is 2.39 bits per heavy atom. The summed E-state index contributed by atoms with van der Waals surface area (Å²) >= 11 is 0. The molecule has 0 bridgehead atoms. The first-order valence-electron chi connectivity index (χ1n) is 6.43. The molecule has 1 heterocycles. The van der Waals surface area contributed by atoms with Crippen LogP contribution in [0.5, 0.6) is 5.75 Å². The lowest BCUT2D eigenvalue weighted by Crippen LogP contribution is -2.46. The Morgan fingerprint density at radius 2 is 1.83 bits per heavy atom. The number of hydrogen-bond acceptors (Lipinski definition) is 4. The predicted octanol–water partition coefficient (Wildman–Crippen LogP) is 1.42. The van der Waals surface area contributed by atoms with Gasteiger partial charge in [0.25, 0.3) is 0 Å². The van der Waals surface area contributed by atoms with Gasteiger partial charge in [-0.1, -0.05) is 12.1 Å². The molecular formula is C14H22N2O2. The second-order valence-corrected chi connectivity index (χ2v) is 4.69. The summed E-state index contributed by atoms with van der Waals surface area (Å²) in [6.45, 7) is 5.72. The first-order chi connectivity index (χ1) is 8.72. The maximum absolute atomic E-state index is 6.34. The van der Waals surface area contributed by atoms with Gasteiger partial charge in [0.15, 0.2) is 0 Å². The van der Waals surface area contributed by atoms with Crippen molar-refractivity contribution in [3.63, 3.8) is 0 Å². The fraction of sp³-hybridized carbons (Fsp3) is 0.571. The monoisotopic (exact) mass is 250 g/mol. The van der Waals surface area contributed by atoms with Crippen molar-refractivity contribution in [2.45, 2.75) is 19.0 Å². The van der Waals surface area contributed by atoms with Crippen LogP contribution in [-0.4, -0.2) is 44.4 Å². The van der Waals surface area contributed by atoms with Gasteiger partial charge in [-0.2, -0.15) is 0 Å². The lowest BCUT2D eigenvalue weighted by atomic mass is 10.00. The smallest absolute Gasteiger partial charge is 0.118 e. The summed E-state index contributed by atoms with van der Waals surface area (Å²) in [5, 5.41) is 0. The molecule has 0 aliphatic carbocycles. The van der Waals surface area contributed by atoms with E-state index in [9.17, 15) is 0 Å². The van der Waals surface area contributed by atoms with Crippen molar-refractivity contribution in [3.8, 4) is 5.75 Å². The van der Waals surface area contributed by atoms with Gasteiger partial charge in [-0.3, -0.25) is 4.90 Å². The van der Waals surface area contributed by atoms with Crippen molar-refractivity contribution in [1.82, 2.24) is 4.90 Å². The van der Waals surface area contributed by atoms with Crippen LogP contribution in [0, 0.1) is 0 Å². The van der Waals surface area contributed by atoms with E-state index in [0.717, 1.165) is 37.6 Å². The van der Waals surface area contributed by atoms with E-state index in [4.69, 9.17) is 15.2 Å². The molecule has 0 saturated carbocycles. The third-order valence-electron chi connectivity index (χ3n) is 3.64. The predicted molar refractivity (Wildman–Crippen MR) is 71.8 cm³/mol. The minimum atomic E-state index is 0.0222. The van der Waals surface area contributed by atoms with Crippen molar-refractivity contribution in [2.75, 3.05) is 33.4 Å². The number of nitrogens with zero attached hydrogens (tertiary/aromatic N) is 1. The number of ether oxygens (including phenoxy) is 2. The second kappa shape index (κ2) is 6.18. The molecule has 1 aliphatic heterocycles. The summed E-state index contributed by atoms with van der Waals surface area (Å²) in [5.41, 5.74) is 7.49. The molecular weight excluding hydrogens is 228 g/mol. The summed E-state index contributed by atoms with van der Waals surface area (Å²) < 4.78 is 10.5. The first-order valence-corrected chi connectivity index (χ1v) is 6.43. The van der Waals surface area contributed by atoms with E-state index in [0.29, 0.717) is 6.04 Å². The molecule has 0 aromatic heterocycles. The Hall–Kier alpha value is -1.10. The minimum Gasteiger partial charge on any atom is -0.497 e. The molecule has 2 N–H and O–H groups in total. The summed E-state index contributed by atoms with van der Waals surface area (Å²) in [6.07, 6.45) is 0. The third-order valence-corrected chi connectivity index (χ3v) is 3.64. The maximum atomic E-state index is 6.34. The fourth-order valence-electron chi connectivity index (χ4n) is 2.32. The van der Waals surface area contributed by atoms with E-state index >= 15 is 0 Å². The topological polar surface area (TPSA) is 47.7 Å². The average Bonchev–Trinajstić information content (AvgIpc) is 2.47. The average molecular weight is 250 g/mol. The van der Waals surface area contributed by atoms with Gasteiger partial charge in [0, 0.05) is 25.2 Å². The summed E-state index contributed by atoms with van der Waals surface area (Å²) in [5.74, 6) is 0.866. The van der Waals surface area contributed by atoms with Crippen LogP contribution in [0.4, 0.5) is 0 Å². The van der Waals surface area contributed by atoms with Gasteiger partial charge < -0.3 is 15.2 Å². The molecule has 1 saturated heterocycles. The van der Waals surface area contributed by atoms with E-state index in [1.165, 1.54) is 0 Å². The van der Waals surface area contributed by atoms with Gasteiger partial charge in [0.05, 0.1) is 20.3 Å². The third kappa shape index (κ3) is 3.02.